The number of thioether (sulfide) groups is 1. The van der Waals surface area contributed by atoms with Gasteiger partial charge in [-0.25, -0.2) is 28.6 Å². The van der Waals surface area contributed by atoms with E-state index < -0.39 is 84.6 Å². The third-order valence-corrected chi connectivity index (χ3v) is 11.8. The van der Waals surface area contributed by atoms with Gasteiger partial charge < -0.3 is 55.6 Å². The predicted molar refractivity (Wildman–Crippen MR) is 199 cm³/mol. The van der Waals surface area contributed by atoms with Crippen LogP contribution in [0.4, 0.5) is 5.82 Å². The van der Waals surface area contributed by atoms with Crippen molar-refractivity contribution in [2.75, 3.05) is 37.8 Å². The number of aromatic nitrogens is 4. The third kappa shape index (κ3) is 14.1. The molecule has 0 bridgehead atoms. The Bertz CT molecular complexity index is 2030. The second-order valence-corrected chi connectivity index (χ2v) is 18.3. The van der Waals surface area contributed by atoms with Gasteiger partial charge in [0.2, 0.25) is 16.9 Å². The largest absolute Gasteiger partial charge is 0.481 e. The minimum absolute atomic E-state index is 0.0271. The molecule has 7 unspecified atom stereocenters. The summed E-state index contributed by atoms with van der Waals surface area (Å²) in [6, 6.07) is 0. The van der Waals surface area contributed by atoms with Crippen LogP contribution in [0.5, 0.6) is 0 Å². The van der Waals surface area contributed by atoms with Gasteiger partial charge in [-0.1, -0.05) is 37.8 Å². The van der Waals surface area contributed by atoms with E-state index in [1.54, 1.807) is 12.2 Å². The molecule has 4 rings (SSSR count). The molecule has 2 aliphatic rings. The van der Waals surface area contributed by atoms with E-state index in [-0.39, 0.29) is 47.4 Å². The lowest BCUT2D eigenvalue weighted by molar-refractivity contribution is -0.137. The summed E-state index contributed by atoms with van der Waals surface area (Å²) in [5.74, 6) is -0.760. The van der Waals surface area contributed by atoms with Gasteiger partial charge in [-0.2, -0.15) is 4.31 Å². The van der Waals surface area contributed by atoms with Gasteiger partial charge >= 0.3 is 23.5 Å². The molecule has 322 valence electrons. The number of aliphatic hydroxyl groups is 2. The molecule has 0 aromatic carbocycles. The van der Waals surface area contributed by atoms with E-state index in [1.165, 1.54) is 26.2 Å². The van der Waals surface area contributed by atoms with E-state index in [2.05, 4.69) is 34.4 Å². The first-order valence-electron chi connectivity index (χ1n) is 16.8. The van der Waals surface area contributed by atoms with Crippen LogP contribution in [0.2, 0.25) is 0 Å². The fraction of sp³-hybridized carbons (Fsp3) is 0.517. The first-order valence-corrected chi connectivity index (χ1v) is 22.3. The quantitative estimate of drug-likeness (QED) is 0.0481. The highest BCUT2D eigenvalue weighted by atomic mass is 32.2. The Morgan fingerprint density at radius 1 is 1.09 bits per heavy atom. The topological polar surface area (TPSA) is 373 Å². The first-order chi connectivity index (χ1) is 27.1. The van der Waals surface area contributed by atoms with Gasteiger partial charge in [-0.05, 0) is 6.08 Å². The number of hydrogen-bond acceptors (Lipinski definition) is 19. The van der Waals surface area contributed by atoms with Crippen LogP contribution in [0.3, 0.4) is 0 Å². The van der Waals surface area contributed by atoms with Crippen molar-refractivity contribution < 1.29 is 85.2 Å². The van der Waals surface area contributed by atoms with E-state index >= 15 is 0 Å². The number of allylic oxidation sites excluding steroid dienone is 3. The number of carbonyl (C=O) groups is 3. The zero-order valence-electron chi connectivity index (χ0n) is 30.6. The molecule has 29 heteroatoms. The second-order valence-electron chi connectivity index (χ2n) is 12.9. The number of rotatable bonds is 20. The molecule has 1 saturated heterocycles. The molecule has 10 N–H and O–H groups in total. The number of ether oxygens (including phenoxy) is 2. The fourth-order valence-corrected chi connectivity index (χ4v) is 8.48. The molecule has 1 fully saturated rings. The number of anilines is 1. The molecular formula is C29H42N7O18P3S. The molecule has 25 nitrogen and oxygen atoms in total. The zero-order chi connectivity index (χ0) is 42.9. The van der Waals surface area contributed by atoms with Crippen LogP contribution < -0.4 is 16.4 Å². The number of aliphatic hydroxyl groups excluding tert-OH is 2. The summed E-state index contributed by atoms with van der Waals surface area (Å²) >= 11 is 0.966. The lowest BCUT2D eigenvalue weighted by Gasteiger charge is -2.30. The van der Waals surface area contributed by atoms with E-state index in [0.29, 0.717) is 12.2 Å². The molecule has 2 amide bonds. The van der Waals surface area contributed by atoms with Crippen molar-refractivity contribution in [3.63, 3.8) is 0 Å². The number of amides is 2. The maximum atomic E-state index is 12.7. The van der Waals surface area contributed by atoms with Gasteiger partial charge in [0, 0.05) is 43.2 Å². The molecule has 2 aliphatic heterocycles. The van der Waals surface area contributed by atoms with Gasteiger partial charge in [-0.15, -0.1) is 0 Å². The van der Waals surface area contributed by atoms with E-state index in [0.717, 1.165) is 29.0 Å². The molecule has 0 aliphatic carbocycles. The number of hydrogen-bond donors (Lipinski definition) is 9. The Labute approximate surface area is 333 Å². The van der Waals surface area contributed by atoms with Crippen LogP contribution in [-0.2, 0) is 55.4 Å². The summed E-state index contributed by atoms with van der Waals surface area (Å²) in [7, 11) is -16.4. The molecule has 0 spiro atoms. The number of nitrogen functional groups attached to an aromatic ring is 1. The summed E-state index contributed by atoms with van der Waals surface area (Å²) in [6.07, 6.45) is 1.58. The van der Waals surface area contributed by atoms with Gasteiger partial charge in [0.1, 0.15) is 42.0 Å². The maximum absolute atomic E-state index is 12.7. The van der Waals surface area contributed by atoms with Crippen molar-refractivity contribution >= 4 is 69.1 Å². The summed E-state index contributed by atoms with van der Waals surface area (Å²) in [5, 5.41) is 26.1. The van der Waals surface area contributed by atoms with Crippen LogP contribution in [-0.4, -0.2) is 123 Å². The molecule has 58 heavy (non-hydrogen) atoms. The molecule has 0 radical (unpaired) electrons. The van der Waals surface area contributed by atoms with Gasteiger partial charge in [0.25, 0.3) is 0 Å². The average molecular weight is 902 g/mol. The van der Waals surface area contributed by atoms with Crippen LogP contribution in [0.1, 0.15) is 32.9 Å². The highest BCUT2D eigenvalue weighted by Gasteiger charge is 2.50. The van der Waals surface area contributed by atoms with Crippen LogP contribution >= 0.6 is 35.2 Å². The molecule has 7 atom stereocenters. The lowest BCUT2D eigenvalue weighted by atomic mass is 9.87. The average Bonchev–Trinajstić information content (AvgIpc) is 3.57. The second kappa shape index (κ2) is 20.2. The first kappa shape index (κ1) is 47.3. The fourth-order valence-electron chi connectivity index (χ4n) is 5.03. The molecule has 0 saturated carbocycles. The van der Waals surface area contributed by atoms with Crippen molar-refractivity contribution in [2.45, 2.75) is 57.3 Å². The van der Waals surface area contributed by atoms with Gasteiger partial charge in [0.05, 0.1) is 25.8 Å². The summed E-state index contributed by atoms with van der Waals surface area (Å²) in [4.78, 5) is 87.8. The third-order valence-electron chi connectivity index (χ3n) is 7.89. The number of phosphoric ester groups is 3. The van der Waals surface area contributed by atoms with Crippen LogP contribution in [0, 0.1) is 5.41 Å². The van der Waals surface area contributed by atoms with Crippen molar-refractivity contribution in [2.24, 2.45) is 5.41 Å². The standard InChI is InChI=1S/C29H42N7O18P3S/c1-29(2,24(40)27(41)32-8-7-19(37)31-9-11-58-20(38)12-17-6-4-3-5-10-49-17)14-51-57(47,48)54-56(45,46)50-13-18-23(53-55(42,43)44)22(39)28(52-18)36-16-35-21-25(30)33-15-34-26(21)36/h3-5,10,12,15-16,18,22-24,28,39-40H,6-9,11,13-14H2,1-2H3,(H,31,37)(H,32,41)(H,45,46)(H,47,48)(H2,30,33,34)(H2,42,43,44)/b17-12+. The number of carbonyl (C=O) groups excluding carboxylic acids is 3. The van der Waals surface area contributed by atoms with Crippen LogP contribution in [0.25, 0.3) is 11.2 Å². The number of nitrogens with zero attached hydrogens (tertiary/aromatic N) is 4. The Morgan fingerprint density at radius 2 is 1.81 bits per heavy atom. The van der Waals surface area contributed by atoms with Gasteiger partial charge in [0.15, 0.2) is 17.7 Å². The lowest BCUT2D eigenvalue weighted by Crippen LogP contribution is -2.46. The summed E-state index contributed by atoms with van der Waals surface area (Å²) < 4.78 is 67.4. The Kier molecular flexibility index (Phi) is 16.5. The number of imidazole rings is 1. The SMILES string of the molecule is CC(C)(COP(=O)(O)OP(=O)(O)OCC1OC(n2cnc3c(N)ncnc32)C(O)C1OP(=O)(O)O)C(O)C(=O)NCCC(=O)NCCSC(=O)/C=C1\CC=CC=CO1. The van der Waals surface area contributed by atoms with Crippen LogP contribution in [0.15, 0.2) is 49.0 Å². The van der Waals surface area contributed by atoms with E-state index in [1.807, 2.05) is 6.08 Å². The molecule has 2 aromatic rings. The highest BCUT2D eigenvalue weighted by Crippen LogP contribution is 2.61. The minimum atomic E-state index is -5.58. The predicted octanol–water partition coefficient (Wildman–Crippen LogP) is 0.0388. The normalized spacial score (nSPS) is 23.1. The zero-order valence-corrected chi connectivity index (χ0v) is 34.1. The van der Waals surface area contributed by atoms with Gasteiger partial charge in [-0.3, -0.25) is 32.5 Å². The number of nitrogens with one attached hydrogen (secondary N) is 2. The smallest absolute Gasteiger partial charge is 0.469 e. The number of fused-ring (bicyclic) bond motifs is 1. The Morgan fingerprint density at radius 3 is 2.53 bits per heavy atom. The van der Waals surface area contributed by atoms with E-state index in [4.69, 9.17) is 24.3 Å². The summed E-state index contributed by atoms with van der Waals surface area (Å²) in [6.45, 7) is 0.385. The van der Waals surface area contributed by atoms with Crippen molar-refractivity contribution in [3.05, 3.63) is 49.0 Å². The minimum Gasteiger partial charge on any atom is -0.469 e. The van der Waals surface area contributed by atoms with Crippen molar-refractivity contribution in [1.29, 1.82) is 0 Å². The highest BCUT2D eigenvalue weighted by molar-refractivity contribution is 8.14. The van der Waals surface area contributed by atoms with E-state index in [9.17, 15) is 57.9 Å². The Balaban J connectivity index is 1.21. The number of nitrogens with two attached hydrogens (primary N) is 1. The monoisotopic (exact) mass is 901 g/mol. The van der Waals surface area contributed by atoms with Crippen molar-refractivity contribution in [3.8, 4) is 0 Å². The molecular weight excluding hydrogens is 859 g/mol. The number of phosphoric acid groups is 3. The Hall–Kier alpha value is -3.42. The maximum Gasteiger partial charge on any atom is 0.481 e. The van der Waals surface area contributed by atoms with Crippen molar-refractivity contribution in [1.82, 2.24) is 30.2 Å². The molecule has 2 aromatic heterocycles. The molecule has 4 heterocycles. The summed E-state index contributed by atoms with van der Waals surface area (Å²) in [5.41, 5.74) is 4.24.